The molecule has 142 valence electrons. The fraction of sp³-hybridized carbons (Fsp3) is 0.0500. The van der Waals surface area contributed by atoms with Gasteiger partial charge in [-0.15, -0.1) is 0 Å². The minimum atomic E-state index is -0.666. The lowest BCUT2D eigenvalue weighted by Gasteiger charge is -2.13. The first kappa shape index (κ1) is 17.3. The van der Waals surface area contributed by atoms with Crippen molar-refractivity contribution in [2.24, 2.45) is 0 Å². The van der Waals surface area contributed by atoms with Crippen molar-refractivity contribution in [3.8, 4) is 45.9 Å². The van der Waals surface area contributed by atoms with Crippen LogP contribution in [0.3, 0.4) is 0 Å². The van der Waals surface area contributed by atoms with E-state index in [0.29, 0.717) is 16.6 Å². The number of phenolic OH excluding ortho intramolecular Hbond substituents is 6. The van der Waals surface area contributed by atoms with Crippen LogP contribution in [0.25, 0.3) is 22.4 Å². The lowest BCUT2D eigenvalue weighted by Crippen LogP contribution is -2.03. The number of aromatic nitrogens is 2. The van der Waals surface area contributed by atoms with E-state index in [1.165, 1.54) is 24.3 Å². The Bertz CT molecular complexity index is 1220. The smallest absolute Gasteiger partial charge is 0.201 e. The summed E-state index contributed by atoms with van der Waals surface area (Å²) in [5.74, 6) is -2.94. The lowest BCUT2D eigenvalue weighted by molar-refractivity contribution is 0.364. The Kier molecular flexibility index (Phi) is 3.89. The van der Waals surface area contributed by atoms with Gasteiger partial charge in [-0.3, -0.25) is 0 Å². The van der Waals surface area contributed by atoms with Crippen molar-refractivity contribution >= 4 is 11.0 Å². The zero-order chi connectivity index (χ0) is 20.0. The second-order valence-corrected chi connectivity index (χ2v) is 6.28. The third-order valence-electron chi connectivity index (χ3n) is 4.57. The molecular weight excluding hydrogens is 364 g/mol. The zero-order valence-corrected chi connectivity index (χ0v) is 14.4. The van der Waals surface area contributed by atoms with Gasteiger partial charge >= 0.3 is 0 Å². The molecule has 6 N–H and O–H groups in total. The maximum Gasteiger partial charge on any atom is 0.201 e. The average Bonchev–Trinajstić information content (AvgIpc) is 3.05. The Balaban J connectivity index is 1.95. The highest BCUT2D eigenvalue weighted by atomic mass is 16.3. The van der Waals surface area contributed by atoms with Gasteiger partial charge in [-0.1, -0.05) is 12.1 Å². The predicted octanol–water partition coefficient (Wildman–Crippen LogP) is 2.99. The maximum atomic E-state index is 10.3. The Morgan fingerprint density at radius 1 is 0.679 bits per heavy atom. The first-order valence-electron chi connectivity index (χ1n) is 8.30. The van der Waals surface area contributed by atoms with Crippen molar-refractivity contribution < 1.29 is 30.6 Å². The van der Waals surface area contributed by atoms with Gasteiger partial charge in [0.05, 0.1) is 23.1 Å². The number of rotatable bonds is 3. The predicted molar refractivity (Wildman–Crippen MR) is 101 cm³/mol. The highest BCUT2D eigenvalue weighted by Gasteiger charge is 2.21. The monoisotopic (exact) mass is 380 g/mol. The van der Waals surface area contributed by atoms with E-state index in [-0.39, 0.29) is 17.9 Å². The van der Waals surface area contributed by atoms with E-state index >= 15 is 0 Å². The molecule has 0 aliphatic carbocycles. The lowest BCUT2D eigenvalue weighted by atomic mass is 10.1. The van der Waals surface area contributed by atoms with Crippen LogP contribution in [-0.2, 0) is 6.54 Å². The average molecular weight is 380 g/mol. The van der Waals surface area contributed by atoms with Crippen molar-refractivity contribution in [2.75, 3.05) is 0 Å². The van der Waals surface area contributed by atoms with Gasteiger partial charge in [-0.05, 0) is 36.4 Å². The normalized spacial score (nSPS) is 11.1. The molecule has 28 heavy (non-hydrogen) atoms. The van der Waals surface area contributed by atoms with E-state index in [4.69, 9.17) is 0 Å². The number of nitrogens with zero attached hydrogens (tertiary/aromatic N) is 2. The van der Waals surface area contributed by atoms with Crippen molar-refractivity contribution in [1.29, 1.82) is 0 Å². The minimum absolute atomic E-state index is 0.0522. The van der Waals surface area contributed by atoms with E-state index in [1.54, 1.807) is 28.8 Å². The molecule has 3 aromatic carbocycles. The van der Waals surface area contributed by atoms with E-state index in [9.17, 15) is 30.6 Å². The second-order valence-electron chi connectivity index (χ2n) is 6.28. The molecule has 0 unspecified atom stereocenters. The summed E-state index contributed by atoms with van der Waals surface area (Å²) >= 11 is 0. The van der Waals surface area contributed by atoms with E-state index in [0.717, 1.165) is 0 Å². The molecule has 0 bridgehead atoms. The molecule has 0 amide bonds. The van der Waals surface area contributed by atoms with E-state index in [1.807, 2.05) is 0 Å². The molecule has 0 radical (unpaired) electrons. The third-order valence-corrected chi connectivity index (χ3v) is 4.57. The van der Waals surface area contributed by atoms with Crippen molar-refractivity contribution in [2.45, 2.75) is 6.54 Å². The molecule has 1 heterocycles. The molecule has 0 aliphatic rings. The molecular formula is C20H16N2O6. The Labute approximate surface area is 158 Å². The van der Waals surface area contributed by atoms with Crippen molar-refractivity contribution in [3.63, 3.8) is 0 Å². The van der Waals surface area contributed by atoms with Gasteiger partial charge in [0.15, 0.2) is 23.0 Å². The van der Waals surface area contributed by atoms with Crippen LogP contribution in [0.2, 0.25) is 0 Å². The summed E-state index contributed by atoms with van der Waals surface area (Å²) in [5, 5.41) is 59.3. The summed E-state index contributed by atoms with van der Waals surface area (Å²) in [6, 6.07) is 12.5. The summed E-state index contributed by atoms with van der Waals surface area (Å²) < 4.78 is 1.67. The fourth-order valence-electron chi connectivity index (χ4n) is 3.10. The molecule has 4 rings (SSSR count). The number of aromatic hydroxyl groups is 6. The Hall–Kier alpha value is -4.07. The number of hydrogen-bond donors (Lipinski definition) is 6. The van der Waals surface area contributed by atoms with Gasteiger partial charge in [0.1, 0.15) is 5.82 Å². The summed E-state index contributed by atoms with van der Waals surface area (Å²) in [7, 11) is 0. The second kappa shape index (κ2) is 6.27. The highest BCUT2D eigenvalue weighted by Crippen LogP contribution is 2.43. The number of hydrogen-bond acceptors (Lipinski definition) is 7. The van der Waals surface area contributed by atoms with E-state index in [2.05, 4.69) is 4.98 Å². The molecule has 1 aromatic heterocycles. The fourth-order valence-corrected chi connectivity index (χ4v) is 3.10. The standard InChI is InChI=1S/C20H16N2O6/c23-14-7-5-10(16(25)18(14)27)9-22-13-4-2-1-3-12(13)21-20(22)11-6-8-15(24)19(28)17(11)26/h1-8,23-28H,9H2. The molecule has 0 atom stereocenters. The van der Waals surface area contributed by atoms with Gasteiger partial charge in [-0.2, -0.15) is 0 Å². The molecule has 8 heteroatoms. The summed E-state index contributed by atoms with van der Waals surface area (Å²) in [6.07, 6.45) is 0. The molecule has 4 aromatic rings. The van der Waals surface area contributed by atoms with E-state index < -0.39 is 34.5 Å². The zero-order valence-electron chi connectivity index (χ0n) is 14.4. The first-order valence-corrected chi connectivity index (χ1v) is 8.30. The maximum absolute atomic E-state index is 10.3. The Morgan fingerprint density at radius 2 is 1.32 bits per heavy atom. The van der Waals surface area contributed by atoms with Crippen LogP contribution in [0.5, 0.6) is 34.5 Å². The van der Waals surface area contributed by atoms with Gasteiger partial charge in [0.2, 0.25) is 11.5 Å². The van der Waals surface area contributed by atoms with Gasteiger partial charge in [0, 0.05) is 5.56 Å². The van der Waals surface area contributed by atoms with Crippen LogP contribution in [0.15, 0.2) is 48.5 Å². The van der Waals surface area contributed by atoms with Gasteiger partial charge in [0.25, 0.3) is 0 Å². The van der Waals surface area contributed by atoms with Crippen LogP contribution in [-0.4, -0.2) is 40.2 Å². The highest BCUT2D eigenvalue weighted by molar-refractivity contribution is 5.83. The number of benzene rings is 3. The number of fused-ring (bicyclic) bond motifs is 1. The van der Waals surface area contributed by atoms with Gasteiger partial charge in [-0.25, -0.2) is 4.98 Å². The van der Waals surface area contributed by atoms with Crippen molar-refractivity contribution in [1.82, 2.24) is 9.55 Å². The molecule has 0 fully saturated rings. The molecule has 0 spiro atoms. The topological polar surface area (TPSA) is 139 Å². The number of phenols is 6. The largest absolute Gasteiger partial charge is 0.504 e. The van der Waals surface area contributed by atoms with Crippen LogP contribution >= 0.6 is 0 Å². The third kappa shape index (κ3) is 2.59. The number of para-hydroxylation sites is 2. The molecule has 0 saturated heterocycles. The molecule has 0 aliphatic heterocycles. The number of imidazole rings is 1. The summed E-state index contributed by atoms with van der Waals surface area (Å²) in [4.78, 5) is 4.50. The Morgan fingerprint density at radius 3 is 2.07 bits per heavy atom. The summed E-state index contributed by atoms with van der Waals surface area (Å²) in [5.41, 5.74) is 1.76. The van der Waals surface area contributed by atoms with Crippen LogP contribution in [0.4, 0.5) is 0 Å². The quantitative estimate of drug-likeness (QED) is 0.300. The molecule has 8 nitrogen and oxygen atoms in total. The van der Waals surface area contributed by atoms with Crippen molar-refractivity contribution in [3.05, 3.63) is 54.1 Å². The first-order chi connectivity index (χ1) is 13.4. The van der Waals surface area contributed by atoms with Gasteiger partial charge < -0.3 is 35.2 Å². The molecule has 0 saturated carbocycles. The SMILES string of the molecule is Oc1ccc(Cn2c(-c3ccc(O)c(O)c3O)nc3ccccc32)c(O)c1O. The van der Waals surface area contributed by atoms with Crippen LogP contribution in [0, 0.1) is 0 Å². The summed E-state index contributed by atoms with van der Waals surface area (Å²) in [6.45, 7) is 0.0522. The van der Waals surface area contributed by atoms with Crippen LogP contribution < -0.4 is 0 Å². The van der Waals surface area contributed by atoms with Crippen LogP contribution in [0.1, 0.15) is 5.56 Å². The minimum Gasteiger partial charge on any atom is -0.504 e.